The largest absolute Gasteiger partial charge is 0.478 e. The number of para-hydroxylation sites is 1. The molecule has 0 aliphatic carbocycles. The average Bonchev–Trinajstić information content (AvgIpc) is 2.46. The standard InChI is InChI=1S/C14H12F2N2O2S/c15-14(16)21-12-4-2-1-3-11(12)18-8-10-6-5-9(7-17-10)13(19)20/h1-7,14,18H,8H2,(H,19,20). The summed E-state index contributed by atoms with van der Waals surface area (Å²) in [5, 5.41) is 11.8. The van der Waals surface area contributed by atoms with E-state index in [-0.39, 0.29) is 5.56 Å². The van der Waals surface area contributed by atoms with Crippen LogP contribution in [0.3, 0.4) is 0 Å². The summed E-state index contributed by atoms with van der Waals surface area (Å²) in [6.45, 7) is 0.320. The number of aromatic nitrogens is 1. The first-order chi connectivity index (χ1) is 10.1. The van der Waals surface area contributed by atoms with Gasteiger partial charge in [0.15, 0.2) is 0 Å². The summed E-state index contributed by atoms with van der Waals surface area (Å²) in [4.78, 5) is 15.2. The number of pyridine rings is 1. The molecule has 0 atom stereocenters. The third-order valence-electron chi connectivity index (χ3n) is 2.63. The zero-order chi connectivity index (χ0) is 15.2. The molecule has 0 aliphatic rings. The molecule has 2 N–H and O–H groups in total. The molecule has 1 heterocycles. The van der Waals surface area contributed by atoms with Crippen molar-refractivity contribution in [3.63, 3.8) is 0 Å². The number of rotatable bonds is 6. The van der Waals surface area contributed by atoms with Gasteiger partial charge >= 0.3 is 5.97 Å². The van der Waals surface area contributed by atoms with Gasteiger partial charge in [0.05, 0.1) is 17.8 Å². The first-order valence-corrected chi connectivity index (χ1v) is 6.90. The fourth-order valence-corrected chi connectivity index (χ4v) is 2.27. The molecule has 0 unspecified atom stereocenters. The van der Waals surface area contributed by atoms with E-state index in [1.165, 1.54) is 12.3 Å². The van der Waals surface area contributed by atoms with E-state index in [0.29, 0.717) is 34.6 Å². The third kappa shape index (κ3) is 4.42. The number of alkyl halides is 2. The molecule has 1 aromatic heterocycles. The summed E-state index contributed by atoms with van der Waals surface area (Å²) < 4.78 is 24.9. The number of anilines is 1. The maximum Gasteiger partial charge on any atom is 0.337 e. The predicted molar refractivity (Wildman–Crippen MR) is 76.8 cm³/mol. The molecule has 0 amide bonds. The number of carboxylic acids is 1. The predicted octanol–water partition coefficient (Wildman–Crippen LogP) is 3.71. The van der Waals surface area contributed by atoms with Gasteiger partial charge in [-0.15, -0.1) is 0 Å². The zero-order valence-electron chi connectivity index (χ0n) is 10.8. The third-order valence-corrected chi connectivity index (χ3v) is 3.42. The summed E-state index contributed by atoms with van der Waals surface area (Å²) >= 11 is 0.473. The van der Waals surface area contributed by atoms with Crippen molar-refractivity contribution in [1.82, 2.24) is 4.98 Å². The van der Waals surface area contributed by atoms with Crippen molar-refractivity contribution in [2.24, 2.45) is 0 Å². The summed E-state index contributed by atoms with van der Waals surface area (Å²) in [6.07, 6.45) is 1.26. The van der Waals surface area contributed by atoms with Crippen molar-refractivity contribution >= 4 is 23.4 Å². The van der Waals surface area contributed by atoms with Crippen LogP contribution in [-0.2, 0) is 6.54 Å². The van der Waals surface area contributed by atoms with Crippen LogP contribution in [0.2, 0.25) is 0 Å². The minimum Gasteiger partial charge on any atom is -0.478 e. The molecule has 4 nitrogen and oxygen atoms in total. The number of halogens is 2. The second-order valence-electron chi connectivity index (χ2n) is 4.07. The fraction of sp³-hybridized carbons (Fsp3) is 0.143. The lowest BCUT2D eigenvalue weighted by molar-refractivity contribution is 0.0696. The normalized spacial score (nSPS) is 10.6. The van der Waals surface area contributed by atoms with Crippen LogP contribution in [0.25, 0.3) is 0 Å². The summed E-state index contributed by atoms with van der Waals surface area (Å²) in [7, 11) is 0. The second-order valence-corrected chi connectivity index (χ2v) is 5.10. The maximum absolute atomic E-state index is 12.5. The van der Waals surface area contributed by atoms with E-state index in [9.17, 15) is 13.6 Å². The van der Waals surface area contributed by atoms with Crippen LogP contribution in [0.4, 0.5) is 14.5 Å². The van der Waals surface area contributed by atoms with Gasteiger partial charge in [-0.25, -0.2) is 4.79 Å². The Balaban J connectivity index is 2.04. The lowest BCUT2D eigenvalue weighted by Gasteiger charge is -2.11. The monoisotopic (exact) mass is 310 g/mol. The van der Waals surface area contributed by atoms with E-state index in [2.05, 4.69) is 10.3 Å². The highest BCUT2D eigenvalue weighted by Gasteiger charge is 2.09. The molecular weight excluding hydrogens is 298 g/mol. The summed E-state index contributed by atoms with van der Waals surface area (Å²) in [5.74, 6) is -3.53. The van der Waals surface area contributed by atoms with Gasteiger partial charge < -0.3 is 10.4 Å². The van der Waals surface area contributed by atoms with Crippen LogP contribution >= 0.6 is 11.8 Å². The van der Waals surface area contributed by atoms with Crippen molar-refractivity contribution in [3.8, 4) is 0 Å². The van der Waals surface area contributed by atoms with Gasteiger partial charge in [-0.05, 0) is 24.3 Å². The number of aromatic carboxylic acids is 1. The Morgan fingerprint density at radius 1 is 1.29 bits per heavy atom. The van der Waals surface area contributed by atoms with E-state index in [1.54, 1.807) is 30.3 Å². The van der Waals surface area contributed by atoms with Gasteiger partial charge in [0.2, 0.25) is 0 Å². The molecule has 0 saturated heterocycles. The smallest absolute Gasteiger partial charge is 0.337 e. The number of thioether (sulfide) groups is 1. The molecule has 0 fully saturated rings. The van der Waals surface area contributed by atoms with Crippen molar-refractivity contribution in [3.05, 3.63) is 53.9 Å². The molecule has 7 heteroatoms. The Bertz CT molecular complexity index is 621. The highest BCUT2D eigenvalue weighted by Crippen LogP contribution is 2.31. The number of nitrogens with zero attached hydrogens (tertiary/aromatic N) is 1. The van der Waals surface area contributed by atoms with E-state index in [4.69, 9.17) is 5.11 Å². The first kappa shape index (κ1) is 15.2. The molecule has 0 bridgehead atoms. The van der Waals surface area contributed by atoms with Crippen LogP contribution in [0.5, 0.6) is 0 Å². The number of nitrogens with one attached hydrogen (secondary N) is 1. The van der Waals surface area contributed by atoms with Gasteiger partial charge in [0.1, 0.15) is 0 Å². The lowest BCUT2D eigenvalue weighted by atomic mass is 10.2. The quantitative estimate of drug-likeness (QED) is 0.797. The number of carboxylic acid groups (broad SMARTS) is 1. The highest BCUT2D eigenvalue weighted by atomic mass is 32.2. The molecule has 0 saturated carbocycles. The Hall–Kier alpha value is -2.15. The Labute approximate surface area is 124 Å². The topological polar surface area (TPSA) is 62.2 Å². The molecule has 0 aliphatic heterocycles. The average molecular weight is 310 g/mol. The first-order valence-electron chi connectivity index (χ1n) is 6.02. The number of benzene rings is 1. The molecule has 2 rings (SSSR count). The zero-order valence-corrected chi connectivity index (χ0v) is 11.6. The lowest BCUT2D eigenvalue weighted by Crippen LogP contribution is -2.04. The van der Waals surface area contributed by atoms with Gasteiger partial charge in [-0.1, -0.05) is 23.9 Å². The molecule has 2 aromatic rings. The highest BCUT2D eigenvalue weighted by molar-refractivity contribution is 7.99. The fourth-order valence-electron chi connectivity index (χ4n) is 1.65. The van der Waals surface area contributed by atoms with E-state index >= 15 is 0 Å². The minimum absolute atomic E-state index is 0.104. The molecule has 1 aromatic carbocycles. The van der Waals surface area contributed by atoms with Crippen LogP contribution in [0.1, 0.15) is 16.1 Å². The minimum atomic E-state index is -2.49. The van der Waals surface area contributed by atoms with Crippen molar-refractivity contribution in [2.45, 2.75) is 17.2 Å². The Morgan fingerprint density at radius 2 is 2.05 bits per heavy atom. The van der Waals surface area contributed by atoms with E-state index in [0.717, 1.165) is 0 Å². The van der Waals surface area contributed by atoms with Crippen molar-refractivity contribution in [1.29, 1.82) is 0 Å². The van der Waals surface area contributed by atoms with Gasteiger partial charge in [-0.2, -0.15) is 8.78 Å². The van der Waals surface area contributed by atoms with Gasteiger partial charge in [0.25, 0.3) is 5.76 Å². The van der Waals surface area contributed by atoms with E-state index in [1.807, 2.05) is 0 Å². The SMILES string of the molecule is O=C(O)c1ccc(CNc2ccccc2SC(F)F)nc1. The Morgan fingerprint density at radius 3 is 2.67 bits per heavy atom. The van der Waals surface area contributed by atoms with E-state index < -0.39 is 11.7 Å². The molecule has 0 radical (unpaired) electrons. The molecule has 110 valence electrons. The number of carbonyl (C=O) groups is 1. The number of hydrogen-bond donors (Lipinski definition) is 2. The van der Waals surface area contributed by atoms with Crippen molar-refractivity contribution in [2.75, 3.05) is 5.32 Å². The van der Waals surface area contributed by atoms with Gasteiger partial charge in [0, 0.05) is 16.8 Å². The Kier molecular flexibility index (Phi) is 5.10. The van der Waals surface area contributed by atoms with Gasteiger partial charge in [-0.3, -0.25) is 4.98 Å². The molecular formula is C14H12F2N2O2S. The number of hydrogen-bond acceptors (Lipinski definition) is 4. The van der Waals surface area contributed by atoms with Crippen LogP contribution in [-0.4, -0.2) is 21.8 Å². The summed E-state index contributed by atoms with van der Waals surface area (Å²) in [6, 6.07) is 9.79. The maximum atomic E-state index is 12.5. The summed E-state index contributed by atoms with van der Waals surface area (Å²) in [5.41, 5.74) is 1.32. The van der Waals surface area contributed by atoms with Crippen molar-refractivity contribution < 1.29 is 18.7 Å². The van der Waals surface area contributed by atoms with Crippen LogP contribution < -0.4 is 5.32 Å². The molecule has 21 heavy (non-hydrogen) atoms. The van der Waals surface area contributed by atoms with Crippen LogP contribution in [0.15, 0.2) is 47.5 Å². The van der Waals surface area contributed by atoms with Crippen LogP contribution in [0, 0.1) is 0 Å². The molecule has 0 spiro atoms. The second kappa shape index (κ2) is 7.03.